The van der Waals surface area contributed by atoms with Crippen molar-refractivity contribution in [3.8, 4) is 0 Å². The molecule has 2 atom stereocenters. The Balaban J connectivity index is 2.65. The molecule has 3 N–H and O–H groups in total. The Hall–Kier alpha value is -0.980. The molecule has 1 rings (SSSR count). The van der Waals surface area contributed by atoms with Crippen molar-refractivity contribution < 1.29 is 23.1 Å². The normalized spacial score (nSPS) is 24.6. The van der Waals surface area contributed by atoms with E-state index in [0.717, 1.165) is 0 Å². The minimum Gasteiger partial charge on any atom is -0.465 e. The van der Waals surface area contributed by atoms with Gasteiger partial charge in [0.2, 0.25) is 0 Å². The van der Waals surface area contributed by atoms with Crippen LogP contribution in [0.2, 0.25) is 0 Å². The number of halogens is 3. The zero-order chi connectivity index (χ0) is 10.8. The minimum absolute atomic E-state index is 0.199. The predicted octanol–water partition coefficient (Wildman–Crippen LogP) is 0.794. The Bertz CT molecular complexity index is 213. The van der Waals surface area contributed by atoms with Gasteiger partial charge in [-0.25, -0.2) is 4.79 Å². The molecule has 0 aromatic rings. The van der Waals surface area contributed by atoms with Gasteiger partial charge in [-0.3, -0.25) is 0 Å². The molecule has 0 spiro atoms. The van der Waals surface area contributed by atoms with Crippen LogP contribution in [0.3, 0.4) is 0 Å². The summed E-state index contributed by atoms with van der Waals surface area (Å²) < 4.78 is 37.1. The van der Waals surface area contributed by atoms with Crippen LogP contribution in [-0.2, 0) is 0 Å². The second-order valence-corrected chi connectivity index (χ2v) is 3.22. The molecule has 0 aliphatic carbocycles. The van der Waals surface area contributed by atoms with Crippen LogP contribution in [0.4, 0.5) is 18.0 Å². The van der Waals surface area contributed by atoms with Crippen molar-refractivity contribution in [2.45, 2.75) is 18.6 Å². The molecule has 0 saturated carbocycles. The lowest BCUT2D eigenvalue weighted by Crippen LogP contribution is -2.50. The monoisotopic (exact) mass is 212 g/mol. The molecule has 0 aromatic carbocycles. The summed E-state index contributed by atoms with van der Waals surface area (Å²) in [6.45, 7) is 0.697. The molecule has 0 bridgehead atoms. The zero-order valence-corrected chi connectivity index (χ0v) is 7.27. The maximum atomic E-state index is 12.4. The average molecular weight is 212 g/mol. The van der Waals surface area contributed by atoms with Gasteiger partial charge in [0.1, 0.15) is 6.04 Å². The molecule has 0 aromatic heterocycles. The molecule has 1 aliphatic rings. The summed E-state index contributed by atoms with van der Waals surface area (Å²) in [5.41, 5.74) is 0. The lowest BCUT2D eigenvalue weighted by Gasteiger charge is -2.25. The average Bonchev–Trinajstić information content (AvgIpc) is 2.49. The fourth-order valence-corrected chi connectivity index (χ4v) is 1.56. The van der Waals surface area contributed by atoms with E-state index in [2.05, 4.69) is 5.32 Å². The van der Waals surface area contributed by atoms with Crippen LogP contribution in [0.25, 0.3) is 0 Å². The first kappa shape index (κ1) is 11.1. The lowest BCUT2D eigenvalue weighted by atomic mass is 9.99. The topological polar surface area (TPSA) is 61.4 Å². The third-order valence-corrected chi connectivity index (χ3v) is 2.20. The molecule has 82 valence electrons. The van der Waals surface area contributed by atoms with E-state index in [1.165, 1.54) is 5.32 Å². The highest BCUT2D eigenvalue weighted by Gasteiger charge is 2.46. The van der Waals surface area contributed by atoms with E-state index in [1.807, 2.05) is 0 Å². The predicted molar refractivity (Wildman–Crippen MR) is 42.0 cm³/mol. The largest absolute Gasteiger partial charge is 0.465 e. The Morgan fingerprint density at radius 3 is 2.57 bits per heavy atom. The fourth-order valence-electron chi connectivity index (χ4n) is 1.56. The third-order valence-electron chi connectivity index (χ3n) is 2.20. The number of carboxylic acid groups (broad SMARTS) is 1. The molecule has 14 heavy (non-hydrogen) atoms. The molecule has 4 nitrogen and oxygen atoms in total. The van der Waals surface area contributed by atoms with Gasteiger partial charge in [0.05, 0.1) is 0 Å². The van der Waals surface area contributed by atoms with Crippen molar-refractivity contribution in [1.82, 2.24) is 10.6 Å². The number of nitrogens with one attached hydrogen (secondary N) is 2. The Kier molecular flexibility index (Phi) is 3.20. The number of rotatable bonds is 2. The SMILES string of the molecule is O=C(O)NC(C1CCNC1)C(F)(F)F. The molecule has 7 heteroatoms. The van der Waals surface area contributed by atoms with Crippen molar-refractivity contribution in [2.24, 2.45) is 5.92 Å². The number of carbonyl (C=O) groups is 1. The quantitative estimate of drug-likeness (QED) is 0.634. The van der Waals surface area contributed by atoms with Crippen LogP contribution in [0.15, 0.2) is 0 Å². The van der Waals surface area contributed by atoms with Gasteiger partial charge in [0.15, 0.2) is 0 Å². The summed E-state index contributed by atoms with van der Waals surface area (Å²) in [6.07, 6.45) is -5.82. The maximum absolute atomic E-state index is 12.4. The van der Waals surface area contributed by atoms with Crippen LogP contribution in [-0.4, -0.2) is 36.5 Å². The zero-order valence-electron chi connectivity index (χ0n) is 7.27. The van der Waals surface area contributed by atoms with Gasteiger partial charge in [-0.1, -0.05) is 0 Å². The van der Waals surface area contributed by atoms with Crippen molar-refractivity contribution in [2.75, 3.05) is 13.1 Å². The number of hydrogen-bond acceptors (Lipinski definition) is 2. The second-order valence-electron chi connectivity index (χ2n) is 3.22. The molecule has 2 unspecified atom stereocenters. The second kappa shape index (κ2) is 4.04. The van der Waals surface area contributed by atoms with Gasteiger partial charge < -0.3 is 15.7 Å². The van der Waals surface area contributed by atoms with Gasteiger partial charge in [0.25, 0.3) is 0 Å². The first-order valence-electron chi connectivity index (χ1n) is 4.18. The summed E-state index contributed by atoms with van der Waals surface area (Å²) in [6, 6.07) is -1.96. The molecule has 0 radical (unpaired) electrons. The van der Waals surface area contributed by atoms with E-state index in [0.29, 0.717) is 13.0 Å². The summed E-state index contributed by atoms with van der Waals surface area (Å²) in [5.74, 6) is -0.703. The van der Waals surface area contributed by atoms with Gasteiger partial charge in [-0.05, 0) is 13.0 Å². The highest BCUT2D eigenvalue weighted by atomic mass is 19.4. The molecule has 1 heterocycles. The van der Waals surface area contributed by atoms with Crippen molar-refractivity contribution in [3.63, 3.8) is 0 Å². The Morgan fingerprint density at radius 1 is 1.57 bits per heavy atom. The molecule has 1 amide bonds. The van der Waals surface area contributed by atoms with Gasteiger partial charge in [-0.2, -0.15) is 13.2 Å². The smallest absolute Gasteiger partial charge is 0.409 e. The van der Waals surface area contributed by atoms with E-state index in [9.17, 15) is 18.0 Å². The first-order valence-corrected chi connectivity index (χ1v) is 4.18. The molecule has 1 saturated heterocycles. The number of hydrogen-bond donors (Lipinski definition) is 3. The summed E-state index contributed by atoms with van der Waals surface area (Å²) >= 11 is 0. The minimum atomic E-state index is -4.52. The number of alkyl halides is 3. The van der Waals surface area contributed by atoms with E-state index in [4.69, 9.17) is 5.11 Å². The van der Waals surface area contributed by atoms with Gasteiger partial charge in [0, 0.05) is 12.5 Å². The fraction of sp³-hybridized carbons (Fsp3) is 0.857. The van der Waals surface area contributed by atoms with E-state index < -0.39 is 24.2 Å². The van der Waals surface area contributed by atoms with E-state index >= 15 is 0 Å². The van der Waals surface area contributed by atoms with E-state index in [-0.39, 0.29) is 6.54 Å². The molecule has 1 fully saturated rings. The number of amides is 1. The van der Waals surface area contributed by atoms with E-state index in [1.54, 1.807) is 0 Å². The lowest BCUT2D eigenvalue weighted by molar-refractivity contribution is -0.164. The molecular formula is C7H11F3N2O2. The first-order chi connectivity index (χ1) is 6.41. The molecular weight excluding hydrogens is 201 g/mol. The highest BCUT2D eigenvalue weighted by molar-refractivity contribution is 5.65. The van der Waals surface area contributed by atoms with Gasteiger partial charge >= 0.3 is 12.3 Å². The summed E-state index contributed by atoms with van der Waals surface area (Å²) in [4.78, 5) is 10.2. The van der Waals surface area contributed by atoms with Crippen molar-refractivity contribution in [1.29, 1.82) is 0 Å². The summed E-state index contributed by atoms with van der Waals surface area (Å²) in [5, 5.41) is 12.6. The Morgan fingerprint density at radius 2 is 2.21 bits per heavy atom. The Labute approximate surface area is 78.5 Å². The van der Waals surface area contributed by atoms with Crippen LogP contribution >= 0.6 is 0 Å². The van der Waals surface area contributed by atoms with Crippen LogP contribution in [0.5, 0.6) is 0 Å². The van der Waals surface area contributed by atoms with Crippen LogP contribution < -0.4 is 10.6 Å². The van der Waals surface area contributed by atoms with Crippen LogP contribution in [0.1, 0.15) is 6.42 Å². The standard InChI is InChI=1S/C7H11F3N2O2/c8-7(9,10)5(12-6(13)14)4-1-2-11-3-4/h4-5,11-12H,1-3H2,(H,13,14). The van der Waals surface area contributed by atoms with Crippen molar-refractivity contribution in [3.05, 3.63) is 0 Å². The maximum Gasteiger partial charge on any atom is 0.409 e. The summed E-state index contributed by atoms with van der Waals surface area (Å²) in [7, 11) is 0. The third kappa shape index (κ3) is 2.76. The van der Waals surface area contributed by atoms with Gasteiger partial charge in [-0.15, -0.1) is 0 Å². The molecule has 1 aliphatic heterocycles. The van der Waals surface area contributed by atoms with Crippen LogP contribution in [0, 0.1) is 5.92 Å². The highest BCUT2D eigenvalue weighted by Crippen LogP contribution is 2.28. The van der Waals surface area contributed by atoms with Crippen molar-refractivity contribution >= 4 is 6.09 Å².